The van der Waals surface area contributed by atoms with Gasteiger partial charge in [0, 0.05) is 25.8 Å². The van der Waals surface area contributed by atoms with Crippen molar-refractivity contribution in [2.24, 2.45) is 10.9 Å². The fourth-order valence-electron chi connectivity index (χ4n) is 2.26. The number of nitrogens with two attached hydrogens (primary N) is 1. The number of ether oxygens (including phenoxy) is 1. The van der Waals surface area contributed by atoms with Crippen LogP contribution < -0.4 is 10.0 Å². The molecule has 21 heavy (non-hydrogen) atoms. The predicted molar refractivity (Wildman–Crippen MR) is 80.1 cm³/mol. The Morgan fingerprint density at radius 3 is 2.71 bits per heavy atom. The quantitative estimate of drug-likeness (QED) is 0.369. The highest BCUT2D eigenvalue weighted by Gasteiger charge is 2.31. The maximum absolute atomic E-state index is 12.6. The molecular formula is C13H19N3O4S. The van der Waals surface area contributed by atoms with Crippen molar-refractivity contribution < 1.29 is 18.4 Å². The zero-order valence-electron chi connectivity index (χ0n) is 11.8. The number of sulfonamides is 1. The van der Waals surface area contributed by atoms with Crippen LogP contribution in [0.2, 0.25) is 0 Å². The van der Waals surface area contributed by atoms with E-state index in [1.54, 1.807) is 24.3 Å². The third-order valence-electron chi connectivity index (χ3n) is 3.58. The predicted octanol–water partition coefficient (Wildman–Crippen LogP) is 0.726. The SMILES string of the molecule is CN(c1cccc(C(N)=NO)c1)S(=O)(=O)C1CCOCC1. The Bertz CT molecular complexity index is 624. The van der Waals surface area contributed by atoms with E-state index in [-0.39, 0.29) is 5.84 Å². The van der Waals surface area contributed by atoms with Gasteiger partial charge in [-0.2, -0.15) is 0 Å². The monoisotopic (exact) mass is 313 g/mol. The summed E-state index contributed by atoms with van der Waals surface area (Å²) in [6.45, 7) is 0.920. The van der Waals surface area contributed by atoms with Gasteiger partial charge in [0.25, 0.3) is 0 Å². The number of anilines is 1. The Balaban J connectivity index is 2.28. The number of nitrogens with zero attached hydrogens (tertiary/aromatic N) is 2. The normalized spacial score (nSPS) is 17.7. The zero-order valence-corrected chi connectivity index (χ0v) is 12.6. The molecule has 1 heterocycles. The molecule has 116 valence electrons. The Kier molecular flexibility index (Phi) is 4.69. The molecule has 0 amide bonds. The van der Waals surface area contributed by atoms with E-state index in [2.05, 4.69) is 5.16 Å². The molecule has 2 rings (SSSR count). The van der Waals surface area contributed by atoms with Gasteiger partial charge in [-0.1, -0.05) is 17.3 Å². The van der Waals surface area contributed by atoms with Crippen molar-refractivity contribution in [1.29, 1.82) is 0 Å². The van der Waals surface area contributed by atoms with Crippen LogP contribution in [0.15, 0.2) is 29.4 Å². The summed E-state index contributed by atoms with van der Waals surface area (Å²) < 4.78 is 31.6. The molecule has 7 nitrogen and oxygen atoms in total. The summed E-state index contributed by atoms with van der Waals surface area (Å²) in [5.74, 6) is -0.0614. The topological polar surface area (TPSA) is 105 Å². The van der Waals surface area contributed by atoms with E-state index in [0.717, 1.165) is 0 Å². The molecule has 0 unspecified atom stereocenters. The van der Waals surface area contributed by atoms with Crippen LogP contribution in [0.4, 0.5) is 5.69 Å². The summed E-state index contributed by atoms with van der Waals surface area (Å²) in [6, 6.07) is 6.56. The zero-order chi connectivity index (χ0) is 15.5. The fraction of sp³-hybridized carbons (Fsp3) is 0.462. The smallest absolute Gasteiger partial charge is 0.237 e. The lowest BCUT2D eigenvalue weighted by molar-refractivity contribution is 0.0983. The third kappa shape index (κ3) is 3.27. The molecule has 0 saturated carbocycles. The highest BCUT2D eigenvalue weighted by Crippen LogP contribution is 2.24. The molecule has 0 aliphatic carbocycles. The Labute approximate surface area is 124 Å². The molecule has 0 atom stereocenters. The molecule has 0 aromatic heterocycles. The number of hydrogen-bond donors (Lipinski definition) is 2. The van der Waals surface area contributed by atoms with Gasteiger partial charge in [-0.05, 0) is 25.0 Å². The van der Waals surface area contributed by atoms with Crippen molar-refractivity contribution in [3.8, 4) is 0 Å². The van der Waals surface area contributed by atoms with Crippen LogP contribution in [0.1, 0.15) is 18.4 Å². The molecule has 0 spiro atoms. The average Bonchev–Trinajstić information content (AvgIpc) is 2.54. The van der Waals surface area contributed by atoms with Gasteiger partial charge in [0.1, 0.15) is 0 Å². The number of oxime groups is 1. The van der Waals surface area contributed by atoms with E-state index in [0.29, 0.717) is 37.3 Å². The molecule has 1 aromatic carbocycles. The minimum absolute atomic E-state index is 0.0614. The van der Waals surface area contributed by atoms with Crippen molar-refractivity contribution in [3.63, 3.8) is 0 Å². The Morgan fingerprint density at radius 1 is 1.43 bits per heavy atom. The minimum Gasteiger partial charge on any atom is -0.409 e. The van der Waals surface area contributed by atoms with E-state index in [1.807, 2.05) is 0 Å². The van der Waals surface area contributed by atoms with Gasteiger partial charge >= 0.3 is 0 Å². The molecule has 0 bridgehead atoms. The Hall–Kier alpha value is -1.80. The van der Waals surface area contributed by atoms with Crippen molar-refractivity contribution in [3.05, 3.63) is 29.8 Å². The summed E-state index contributed by atoms with van der Waals surface area (Å²) in [6.07, 6.45) is 0.985. The molecule has 8 heteroatoms. The van der Waals surface area contributed by atoms with Crippen molar-refractivity contribution in [2.45, 2.75) is 18.1 Å². The molecule has 1 aliphatic rings. The first-order chi connectivity index (χ1) is 9.96. The van der Waals surface area contributed by atoms with Gasteiger partial charge in [0.15, 0.2) is 5.84 Å². The van der Waals surface area contributed by atoms with Crippen LogP contribution in [-0.2, 0) is 14.8 Å². The first-order valence-corrected chi connectivity index (χ1v) is 8.10. The average molecular weight is 313 g/mol. The van der Waals surface area contributed by atoms with E-state index in [1.165, 1.54) is 11.4 Å². The highest BCUT2D eigenvalue weighted by molar-refractivity contribution is 7.93. The lowest BCUT2D eigenvalue weighted by Gasteiger charge is -2.28. The van der Waals surface area contributed by atoms with E-state index in [4.69, 9.17) is 15.7 Å². The van der Waals surface area contributed by atoms with Gasteiger partial charge in [0.2, 0.25) is 10.0 Å². The number of amidine groups is 1. The first kappa shape index (κ1) is 15.6. The van der Waals surface area contributed by atoms with E-state index < -0.39 is 15.3 Å². The van der Waals surface area contributed by atoms with Gasteiger partial charge < -0.3 is 15.7 Å². The second-order valence-corrected chi connectivity index (χ2v) is 7.10. The standard InChI is InChI=1S/C13H19N3O4S/c1-16(21(18,19)12-5-7-20-8-6-12)11-4-2-3-10(9-11)13(14)15-17/h2-4,9,12,17H,5-8H2,1H3,(H2,14,15). The van der Waals surface area contributed by atoms with Crippen molar-refractivity contribution in [1.82, 2.24) is 0 Å². The molecule has 1 aromatic rings. The van der Waals surface area contributed by atoms with E-state index in [9.17, 15) is 8.42 Å². The Morgan fingerprint density at radius 2 is 2.10 bits per heavy atom. The summed E-state index contributed by atoms with van der Waals surface area (Å²) in [4.78, 5) is 0. The largest absolute Gasteiger partial charge is 0.409 e. The molecular weight excluding hydrogens is 294 g/mol. The molecule has 3 N–H and O–H groups in total. The molecule has 1 saturated heterocycles. The van der Waals surface area contributed by atoms with Crippen LogP contribution in [0.5, 0.6) is 0 Å². The lowest BCUT2D eigenvalue weighted by Crippen LogP contribution is -2.39. The van der Waals surface area contributed by atoms with Crippen LogP contribution >= 0.6 is 0 Å². The number of rotatable bonds is 4. The number of hydrogen-bond acceptors (Lipinski definition) is 5. The van der Waals surface area contributed by atoms with Crippen molar-refractivity contribution in [2.75, 3.05) is 24.6 Å². The maximum Gasteiger partial charge on any atom is 0.237 e. The van der Waals surface area contributed by atoms with Crippen molar-refractivity contribution >= 4 is 21.5 Å². The van der Waals surface area contributed by atoms with Crippen LogP contribution in [0, 0.1) is 0 Å². The summed E-state index contributed by atoms with van der Waals surface area (Å²) >= 11 is 0. The van der Waals surface area contributed by atoms with Gasteiger partial charge in [-0.3, -0.25) is 4.31 Å². The van der Waals surface area contributed by atoms with Crippen LogP contribution in [0.3, 0.4) is 0 Å². The molecule has 0 radical (unpaired) electrons. The first-order valence-electron chi connectivity index (χ1n) is 6.60. The fourth-order valence-corrected chi connectivity index (χ4v) is 3.91. The van der Waals surface area contributed by atoms with Gasteiger partial charge in [-0.25, -0.2) is 8.42 Å². The summed E-state index contributed by atoms with van der Waals surface area (Å²) in [7, 11) is -1.94. The summed E-state index contributed by atoms with van der Waals surface area (Å²) in [5.41, 5.74) is 6.47. The summed E-state index contributed by atoms with van der Waals surface area (Å²) in [5, 5.41) is 11.2. The maximum atomic E-state index is 12.6. The third-order valence-corrected chi connectivity index (χ3v) is 5.87. The second-order valence-electron chi connectivity index (χ2n) is 4.86. The molecule has 1 fully saturated rings. The highest BCUT2D eigenvalue weighted by atomic mass is 32.2. The van der Waals surface area contributed by atoms with Crippen LogP contribution in [0.25, 0.3) is 0 Å². The molecule has 1 aliphatic heterocycles. The van der Waals surface area contributed by atoms with Gasteiger partial charge in [-0.15, -0.1) is 0 Å². The van der Waals surface area contributed by atoms with E-state index >= 15 is 0 Å². The number of benzene rings is 1. The minimum atomic E-state index is -3.45. The van der Waals surface area contributed by atoms with Crippen LogP contribution in [-0.4, -0.2) is 45.0 Å². The lowest BCUT2D eigenvalue weighted by atomic mass is 10.2. The second kappa shape index (κ2) is 6.31. The van der Waals surface area contributed by atoms with Gasteiger partial charge in [0.05, 0.1) is 10.9 Å².